The number of nitrogens with zero attached hydrogens (tertiary/aromatic N) is 1. The molecule has 1 atom stereocenters. The van der Waals surface area contributed by atoms with Gasteiger partial charge in [-0.25, -0.2) is 0 Å². The first kappa shape index (κ1) is 18.0. The van der Waals surface area contributed by atoms with Crippen LogP contribution in [-0.2, 0) is 0 Å². The van der Waals surface area contributed by atoms with Gasteiger partial charge in [0.25, 0.3) is 0 Å². The van der Waals surface area contributed by atoms with E-state index in [0.29, 0.717) is 5.11 Å². The van der Waals surface area contributed by atoms with E-state index in [2.05, 4.69) is 22.5 Å². The van der Waals surface area contributed by atoms with Crippen LogP contribution in [0, 0.1) is 0 Å². The largest absolute Gasteiger partial charge is 0.497 e. The quantitative estimate of drug-likeness (QED) is 0.588. The van der Waals surface area contributed by atoms with Gasteiger partial charge in [0.15, 0.2) is 5.11 Å². The van der Waals surface area contributed by atoms with Crippen molar-refractivity contribution in [3.8, 4) is 5.75 Å². The van der Waals surface area contributed by atoms with Gasteiger partial charge in [0, 0.05) is 24.8 Å². The number of benzene rings is 1. The third-order valence-corrected chi connectivity index (χ3v) is 4.72. The number of rotatable bonds is 7. The predicted molar refractivity (Wildman–Crippen MR) is 101 cm³/mol. The molecular weight excluding hydrogens is 306 g/mol. The summed E-state index contributed by atoms with van der Waals surface area (Å²) in [5.41, 5.74) is 0.977. The van der Waals surface area contributed by atoms with Crippen molar-refractivity contribution in [3.63, 3.8) is 0 Å². The number of methoxy groups -OCH3 is 1. The molecule has 0 saturated carbocycles. The van der Waals surface area contributed by atoms with Crippen molar-refractivity contribution < 1.29 is 4.74 Å². The molecule has 1 unspecified atom stereocenters. The predicted octanol–water partition coefficient (Wildman–Crippen LogP) is 3.64. The molecule has 1 fully saturated rings. The van der Waals surface area contributed by atoms with E-state index in [9.17, 15) is 0 Å². The maximum atomic E-state index is 5.35. The second-order valence-electron chi connectivity index (χ2n) is 6.06. The Morgan fingerprint density at radius 3 is 2.78 bits per heavy atom. The Bertz CT molecular complexity index is 478. The Hall–Kier alpha value is -1.33. The van der Waals surface area contributed by atoms with E-state index in [1.807, 2.05) is 24.3 Å². The summed E-state index contributed by atoms with van der Waals surface area (Å²) in [6.07, 6.45) is 6.50. The van der Waals surface area contributed by atoms with Gasteiger partial charge in [-0.05, 0) is 68.7 Å². The molecule has 5 heteroatoms. The summed E-state index contributed by atoms with van der Waals surface area (Å²) in [4.78, 5) is 2.64. The maximum absolute atomic E-state index is 5.35. The van der Waals surface area contributed by atoms with E-state index in [4.69, 9.17) is 17.0 Å². The molecule has 2 N–H and O–H groups in total. The first-order valence-corrected chi connectivity index (χ1v) is 9.06. The molecule has 2 rings (SSSR count). The number of hydrogen-bond acceptors (Lipinski definition) is 3. The lowest BCUT2D eigenvalue weighted by Crippen LogP contribution is -2.40. The molecule has 1 aliphatic rings. The maximum Gasteiger partial charge on any atom is 0.170 e. The number of piperidine rings is 1. The third kappa shape index (κ3) is 5.99. The zero-order valence-corrected chi connectivity index (χ0v) is 15.1. The summed E-state index contributed by atoms with van der Waals surface area (Å²) in [6, 6.07) is 8.56. The minimum absolute atomic E-state index is 0.681. The van der Waals surface area contributed by atoms with Crippen molar-refractivity contribution in [2.45, 2.75) is 45.1 Å². The van der Waals surface area contributed by atoms with Crippen LogP contribution in [0.4, 0.5) is 5.69 Å². The second kappa shape index (κ2) is 9.73. The number of ether oxygens (including phenoxy) is 1. The van der Waals surface area contributed by atoms with E-state index >= 15 is 0 Å². The smallest absolute Gasteiger partial charge is 0.170 e. The summed E-state index contributed by atoms with van der Waals surface area (Å²) in [5, 5.41) is 7.18. The Morgan fingerprint density at radius 2 is 2.09 bits per heavy atom. The van der Waals surface area contributed by atoms with Crippen molar-refractivity contribution in [1.82, 2.24) is 10.2 Å². The van der Waals surface area contributed by atoms with Gasteiger partial charge in [0.05, 0.1) is 7.11 Å². The van der Waals surface area contributed by atoms with Crippen LogP contribution in [0.5, 0.6) is 5.75 Å². The molecule has 0 aliphatic carbocycles. The molecule has 0 bridgehead atoms. The van der Waals surface area contributed by atoms with Crippen LogP contribution in [0.2, 0.25) is 0 Å². The van der Waals surface area contributed by atoms with Crippen molar-refractivity contribution in [1.29, 1.82) is 0 Å². The Balaban J connectivity index is 1.64. The summed E-state index contributed by atoms with van der Waals surface area (Å²) in [7, 11) is 1.67. The molecule has 0 aromatic heterocycles. The fourth-order valence-corrected chi connectivity index (χ4v) is 3.37. The standard InChI is InChI=1S/C18H29N3OS/c1-3-16-7-4-5-13-21(16)14-6-12-19-18(23)20-15-8-10-17(22-2)11-9-15/h8-11,16H,3-7,12-14H2,1-2H3,(H2,19,20,23). The van der Waals surface area contributed by atoms with Gasteiger partial charge in [-0.2, -0.15) is 0 Å². The molecule has 0 radical (unpaired) electrons. The van der Waals surface area contributed by atoms with E-state index in [1.165, 1.54) is 32.2 Å². The van der Waals surface area contributed by atoms with Crippen molar-refractivity contribution >= 4 is 23.0 Å². The number of nitrogens with one attached hydrogen (secondary N) is 2. The average molecular weight is 336 g/mol. The summed E-state index contributed by atoms with van der Waals surface area (Å²) in [6.45, 7) is 5.63. The van der Waals surface area contributed by atoms with Crippen molar-refractivity contribution in [2.24, 2.45) is 0 Å². The first-order valence-electron chi connectivity index (χ1n) is 8.66. The zero-order chi connectivity index (χ0) is 16.5. The molecule has 1 aromatic carbocycles. The Labute approximate surface area is 145 Å². The summed E-state index contributed by atoms with van der Waals surface area (Å²) in [5.74, 6) is 0.849. The van der Waals surface area contributed by atoms with E-state index in [0.717, 1.165) is 37.0 Å². The van der Waals surface area contributed by atoms with Crippen LogP contribution in [0.15, 0.2) is 24.3 Å². The summed E-state index contributed by atoms with van der Waals surface area (Å²) >= 11 is 5.35. The lowest BCUT2D eigenvalue weighted by Gasteiger charge is -2.35. The monoisotopic (exact) mass is 335 g/mol. The van der Waals surface area contributed by atoms with Crippen molar-refractivity contribution in [3.05, 3.63) is 24.3 Å². The van der Waals surface area contributed by atoms with Crippen LogP contribution >= 0.6 is 12.2 Å². The third-order valence-electron chi connectivity index (χ3n) is 4.48. The normalized spacial score (nSPS) is 18.4. The number of hydrogen-bond donors (Lipinski definition) is 2. The Morgan fingerprint density at radius 1 is 1.30 bits per heavy atom. The van der Waals surface area contributed by atoms with Gasteiger partial charge < -0.3 is 20.3 Å². The zero-order valence-electron chi connectivity index (χ0n) is 14.3. The number of likely N-dealkylation sites (tertiary alicyclic amines) is 1. The fraction of sp³-hybridized carbons (Fsp3) is 0.611. The molecule has 23 heavy (non-hydrogen) atoms. The minimum atomic E-state index is 0.681. The van der Waals surface area contributed by atoms with E-state index in [1.54, 1.807) is 7.11 Å². The van der Waals surface area contributed by atoms with Gasteiger partial charge >= 0.3 is 0 Å². The summed E-state index contributed by atoms with van der Waals surface area (Å²) < 4.78 is 5.15. The van der Waals surface area contributed by atoms with Gasteiger partial charge in [-0.1, -0.05) is 13.3 Å². The van der Waals surface area contributed by atoms with Gasteiger partial charge in [-0.15, -0.1) is 0 Å². The van der Waals surface area contributed by atoms with Crippen molar-refractivity contribution in [2.75, 3.05) is 32.1 Å². The molecule has 1 heterocycles. The van der Waals surface area contributed by atoms with Gasteiger partial charge in [-0.3, -0.25) is 0 Å². The van der Waals surface area contributed by atoms with Gasteiger partial charge in [0.1, 0.15) is 5.75 Å². The molecule has 1 saturated heterocycles. The highest BCUT2D eigenvalue weighted by molar-refractivity contribution is 7.80. The first-order chi connectivity index (χ1) is 11.2. The number of anilines is 1. The van der Waals surface area contributed by atoms with Gasteiger partial charge in [0.2, 0.25) is 0 Å². The highest BCUT2D eigenvalue weighted by atomic mass is 32.1. The van der Waals surface area contributed by atoms with E-state index < -0.39 is 0 Å². The highest BCUT2D eigenvalue weighted by Crippen LogP contribution is 2.19. The molecule has 0 spiro atoms. The molecule has 1 aromatic rings. The lowest BCUT2D eigenvalue weighted by molar-refractivity contribution is 0.143. The number of thiocarbonyl (C=S) groups is 1. The molecule has 0 amide bonds. The molecule has 128 valence electrons. The minimum Gasteiger partial charge on any atom is -0.497 e. The van der Waals surface area contributed by atoms with E-state index in [-0.39, 0.29) is 0 Å². The van der Waals surface area contributed by atoms with Crippen LogP contribution in [0.1, 0.15) is 39.0 Å². The highest BCUT2D eigenvalue weighted by Gasteiger charge is 2.19. The molecule has 4 nitrogen and oxygen atoms in total. The average Bonchev–Trinajstić information content (AvgIpc) is 2.59. The van der Waals surface area contributed by atoms with Crippen LogP contribution in [0.3, 0.4) is 0 Å². The molecule has 1 aliphatic heterocycles. The Kier molecular flexibility index (Phi) is 7.62. The second-order valence-corrected chi connectivity index (χ2v) is 6.47. The van der Waals surface area contributed by atoms with Crippen LogP contribution in [-0.4, -0.2) is 42.8 Å². The van der Waals surface area contributed by atoms with Crippen LogP contribution in [0.25, 0.3) is 0 Å². The van der Waals surface area contributed by atoms with Crippen LogP contribution < -0.4 is 15.4 Å². The SMILES string of the molecule is CCC1CCCCN1CCCNC(=S)Nc1ccc(OC)cc1. The lowest BCUT2D eigenvalue weighted by atomic mass is 10.00. The topological polar surface area (TPSA) is 36.5 Å². The fourth-order valence-electron chi connectivity index (χ4n) is 3.15. The molecular formula is C18H29N3OS.